The Kier molecular flexibility index (Phi) is 12.0. The van der Waals surface area contributed by atoms with E-state index in [1.54, 1.807) is 17.9 Å². The number of carbonyl (C=O) groups excluding carboxylic acids is 4. The number of nitrogens with one attached hydrogen (secondary N) is 2. The van der Waals surface area contributed by atoms with Gasteiger partial charge in [-0.2, -0.15) is 0 Å². The van der Waals surface area contributed by atoms with Gasteiger partial charge in [-0.05, 0) is 67.4 Å². The summed E-state index contributed by atoms with van der Waals surface area (Å²) in [6.07, 6.45) is 3.52. The zero-order chi connectivity index (χ0) is 33.5. The van der Waals surface area contributed by atoms with Gasteiger partial charge in [0.1, 0.15) is 17.6 Å². The van der Waals surface area contributed by atoms with Crippen LogP contribution in [0.5, 0.6) is 0 Å². The molecular weight excluding hydrogens is 598 g/mol. The van der Waals surface area contributed by atoms with Crippen molar-refractivity contribution in [1.82, 2.24) is 30.7 Å². The van der Waals surface area contributed by atoms with Gasteiger partial charge in [-0.3, -0.25) is 19.2 Å². The molecule has 0 spiro atoms. The number of aryl methyl sites for hydroxylation is 1. The lowest BCUT2D eigenvalue weighted by Crippen LogP contribution is -2.58. The third kappa shape index (κ3) is 8.34. The summed E-state index contributed by atoms with van der Waals surface area (Å²) in [4.78, 5) is 56.3. The summed E-state index contributed by atoms with van der Waals surface area (Å²) in [5, 5.41) is 12.8. The predicted octanol–water partition coefficient (Wildman–Crippen LogP) is 3.23. The molecule has 0 bridgehead atoms. The number of nitrogens with zero attached hydrogens (tertiary/aromatic N) is 4. The average Bonchev–Trinajstić information content (AvgIpc) is 3.53. The van der Waals surface area contributed by atoms with Gasteiger partial charge in [-0.15, -0.1) is 0 Å². The molecule has 13 heteroatoms. The van der Waals surface area contributed by atoms with Gasteiger partial charge in [0.05, 0.1) is 6.04 Å². The van der Waals surface area contributed by atoms with Gasteiger partial charge in [0.25, 0.3) is 11.8 Å². The maximum Gasteiger partial charge on any atom is 0.276 e. The largest absolute Gasteiger partial charge is 0.341 e. The fraction of sp³-hybridized carbons (Fsp3) is 0.636. The second-order valence-electron chi connectivity index (χ2n) is 13.0. The molecule has 0 radical (unpaired) electrons. The smallest absolute Gasteiger partial charge is 0.276 e. The van der Waals surface area contributed by atoms with Crippen LogP contribution in [0.3, 0.4) is 0 Å². The summed E-state index contributed by atoms with van der Waals surface area (Å²) in [5.74, 6) is -3.08. The molecule has 1 saturated carbocycles. The van der Waals surface area contributed by atoms with E-state index in [1.807, 2.05) is 20.9 Å². The van der Waals surface area contributed by atoms with Crippen LogP contribution >= 0.6 is 0 Å². The van der Waals surface area contributed by atoms with Crippen LogP contribution < -0.4 is 10.6 Å². The van der Waals surface area contributed by atoms with Crippen LogP contribution in [0.25, 0.3) is 0 Å². The van der Waals surface area contributed by atoms with E-state index in [9.17, 15) is 23.6 Å². The van der Waals surface area contributed by atoms with E-state index in [2.05, 4.69) is 32.8 Å². The third-order valence-corrected chi connectivity index (χ3v) is 9.71. The molecule has 46 heavy (non-hydrogen) atoms. The lowest BCUT2D eigenvalue weighted by Gasteiger charge is -2.40. The van der Waals surface area contributed by atoms with E-state index in [0.717, 1.165) is 25.7 Å². The summed E-state index contributed by atoms with van der Waals surface area (Å²) >= 11 is 0. The lowest BCUT2D eigenvalue weighted by molar-refractivity contribution is -0.139. The molecule has 252 valence electrons. The molecule has 11 nitrogen and oxygen atoms in total. The first-order valence-corrected chi connectivity index (χ1v) is 16.2. The van der Waals surface area contributed by atoms with Crippen molar-refractivity contribution < 1.29 is 32.6 Å². The van der Waals surface area contributed by atoms with Crippen molar-refractivity contribution in [3.05, 3.63) is 46.5 Å². The number of likely N-dealkylation sites (N-methyl/N-ethyl adjacent to an activating group) is 1. The number of piperazine rings is 1. The minimum Gasteiger partial charge on any atom is -0.341 e. The van der Waals surface area contributed by atoms with Crippen LogP contribution in [0.2, 0.25) is 0 Å². The maximum atomic E-state index is 15.6. The van der Waals surface area contributed by atoms with Crippen molar-refractivity contribution in [2.45, 2.75) is 90.3 Å². The van der Waals surface area contributed by atoms with Crippen molar-refractivity contribution in [2.24, 2.45) is 11.8 Å². The van der Waals surface area contributed by atoms with Crippen molar-refractivity contribution in [3.63, 3.8) is 0 Å². The van der Waals surface area contributed by atoms with Crippen LogP contribution in [0, 0.1) is 17.7 Å². The van der Waals surface area contributed by atoms with Crippen LogP contribution in [0.15, 0.2) is 22.8 Å². The zero-order valence-corrected chi connectivity index (χ0v) is 27.4. The predicted molar refractivity (Wildman–Crippen MR) is 166 cm³/mol. The molecule has 1 aromatic carbocycles. The van der Waals surface area contributed by atoms with Gasteiger partial charge < -0.3 is 20.4 Å². The summed E-state index contributed by atoms with van der Waals surface area (Å²) in [5.41, 5.74) is 0.984. The van der Waals surface area contributed by atoms with Gasteiger partial charge in [0, 0.05) is 38.0 Å². The van der Waals surface area contributed by atoms with Crippen molar-refractivity contribution in [2.75, 3.05) is 33.4 Å². The van der Waals surface area contributed by atoms with Crippen LogP contribution in [-0.2, 0) is 27.2 Å². The Balaban J connectivity index is 1.52. The molecule has 2 aliphatic rings. The first-order chi connectivity index (χ1) is 21.9. The number of hydrogen-bond donors (Lipinski definition) is 2. The molecule has 2 aromatic rings. The highest BCUT2D eigenvalue weighted by Gasteiger charge is 2.36. The second-order valence-corrected chi connectivity index (χ2v) is 13.0. The molecule has 1 saturated heterocycles. The zero-order valence-electron chi connectivity index (χ0n) is 27.4. The summed E-state index contributed by atoms with van der Waals surface area (Å²) < 4.78 is 33.6. The standard InChI is InChI=1S/C33H46F2N6O5/c1-6-26-31(39-46-38-26)32(44)37-30(22-9-7-19(2)8-10-22)27(42)16-24-12-11-23(15-25(24)35)21(4)29(36-28(43)17-34)33(45)41-14-13-40(5)20(3)18-41/h11-12,15,19-22,29-30H,6-10,13-14,16-18H2,1-5H3,(H,36,43)(H,37,44)/t19?,20-,21-,22?,29+,30-/m0/s1. The number of ketones is 1. The number of halogens is 2. The molecule has 2 fully saturated rings. The summed E-state index contributed by atoms with van der Waals surface area (Å²) in [7, 11) is 1.97. The van der Waals surface area contributed by atoms with Gasteiger partial charge in [0.15, 0.2) is 18.2 Å². The lowest BCUT2D eigenvalue weighted by atomic mass is 9.77. The number of benzene rings is 1. The number of carbonyl (C=O) groups is 4. The first kappa shape index (κ1) is 35.1. The van der Waals surface area contributed by atoms with E-state index in [0.29, 0.717) is 43.2 Å². The molecule has 1 aromatic heterocycles. The van der Waals surface area contributed by atoms with Gasteiger partial charge in [-0.1, -0.05) is 50.9 Å². The second kappa shape index (κ2) is 15.7. The number of Topliss-reactive ketones (excluding diaryl/α,β-unsaturated/α-hetero) is 1. The summed E-state index contributed by atoms with van der Waals surface area (Å²) in [6.45, 7) is 7.91. The van der Waals surface area contributed by atoms with Crippen LogP contribution in [0.1, 0.15) is 86.6 Å². The number of hydrogen-bond acceptors (Lipinski definition) is 8. The maximum absolute atomic E-state index is 15.6. The molecular formula is C33H46F2N6O5. The average molecular weight is 645 g/mol. The fourth-order valence-corrected chi connectivity index (χ4v) is 6.44. The molecule has 2 heterocycles. The number of alkyl halides is 1. The summed E-state index contributed by atoms with van der Waals surface area (Å²) in [6, 6.07) is 2.53. The minimum absolute atomic E-state index is 0.0315. The molecule has 0 unspecified atom stereocenters. The normalized spacial score (nSPS) is 22.5. The third-order valence-electron chi connectivity index (χ3n) is 9.71. The highest BCUT2D eigenvalue weighted by Crippen LogP contribution is 2.32. The molecule has 4 atom stereocenters. The minimum atomic E-state index is -1.28. The molecule has 2 N–H and O–H groups in total. The van der Waals surface area contributed by atoms with Crippen LogP contribution in [0.4, 0.5) is 8.78 Å². The van der Waals surface area contributed by atoms with Crippen molar-refractivity contribution in [1.29, 1.82) is 0 Å². The molecule has 1 aliphatic heterocycles. The Morgan fingerprint density at radius 3 is 2.41 bits per heavy atom. The fourth-order valence-electron chi connectivity index (χ4n) is 6.44. The van der Waals surface area contributed by atoms with E-state index < -0.39 is 42.3 Å². The topological polar surface area (TPSA) is 138 Å². The van der Waals surface area contributed by atoms with Crippen LogP contribution in [-0.4, -0.2) is 95.1 Å². The van der Waals surface area contributed by atoms with Crippen molar-refractivity contribution >= 4 is 23.5 Å². The number of aromatic nitrogens is 2. The molecule has 4 rings (SSSR count). The highest BCUT2D eigenvalue weighted by molar-refractivity contribution is 5.97. The Morgan fingerprint density at radius 1 is 1.07 bits per heavy atom. The van der Waals surface area contributed by atoms with Crippen molar-refractivity contribution in [3.8, 4) is 0 Å². The number of rotatable bonds is 12. The van der Waals surface area contributed by atoms with E-state index in [4.69, 9.17) is 4.63 Å². The number of amides is 3. The Labute approximate surface area is 268 Å². The monoisotopic (exact) mass is 644 g/mol. The van der Waals surface area contributed by atoms with Gasteiger partial charge in [0.2, 0.25) is 5.91 Å². The molecule has 1 aliphatic carbocycles. The quantitative estimate of drug-likeness (QED) is 0.360. The van der Waals surface area contributed by atoms with E-state index >= 15 is 4.39 Å². The Morgan fingerprint density at radius 2 is 1.78 bits per heavy atom. The van der Waals surface area contributed by atoms with E-state index in [1.165, 1.54) is 12.1 Å². The van der Waals surface area contributed by atoms with Gasteiger partial charge >= 0.3 is 0 Å². The highest BCUT2D eigenvalue weighted by atomic mass is 19.1. The SMILES string of the molecule is CCc1nonc1C(=O)N[C@H](C(=O)Cc1ccc([C@H](C)[C@@H](NC(=O)CF)C(=O)N2CCN(C)[C@@H](C)C2)cc1F)C1CCC(C)CC1. The Hall–Kier alpha value is -3.74. The first-order valence-electron chi connectivity index (χ1n) is 16.2. The Bertz CT molecular complexity index is 1390. The molecule has 3 amide bonds. The van der Waals surface area contributed by atoms with Gasteiger partial charge in [-0.25, -0.2) is 13.4 Å². The van der Waals surface area contributed by atoms with E-state index in [-0.39, 0.29) is 41.3 Å².